The van der Waals surface area contributed by atoms with Crippen molar-refractivity contribution in [2.24, 2.45) is 10.2 Å². The van der Waals surface area contributed by atoms with E-state index in [1.165, 1.54) is 0 Å². The molecule has 0 unspecified atom stereocenters. The molecule has 0 radical (unpaired) electrons. The number of hydrogen-bond acceptors (Lipinski definition) is 5. The van der Waals surface area contributed by atoms with Crippen LogP contribution < -0.4 is 4.74 Å². The fourth-order valence-corrected chi connectivity index (χ4v) is 4.71. The maximum atomic E-state index is 13.5. The van der Waals surface area contributed by atoms with Crippen molar-refractivity contribution < 1.29 is 14.6 Å². The third kappa shape index (κ3) is 4.82. The number of methoxy groups -OCH3 is 1. The molecule has 9 heteroatoms. The predicted octanol–water partition coefficient (Wildman–Crippen LogP) is 8.32. The molecule has 3 aromatic carbocycles. The molecule has 5 aromatic rings. The molecule has 1 N–H and O–H groups in total. The van der Waals surface area contributed by atoms with Gasteiger partial charge in [0.2, 0.25) is 5.88 Å². The molecule has 1 amide bonds. The van der Waals surface area contributed by atoms with Gasteiger partial charge in [-0.3, -0.25) is 4.79 Å². The first-order valence-corrected chi connectivity index (χ1v) is 12.8. The molecule has 2 heterocycles. The molecule has 0 aliphatic carbocycles. The molecule has 186 valence electrons. The second-order valence-corrected chi connectivity index (χ2v) is 9.79. The largest absolute Gasteiger partial charge is 0.497 e. The van der Waals surface area contributed by atoms with Crippen LogP contribution in [0.4, 0.5) is 5.69 Å². The van der Waals surface area contributed by atoms with Gasteiger partial charge in [-0.05, 0) is 61.0 Å². The maximum absolute atomic E-state index is 13.5. The van der Waals surface area contributed by atoms with Gasteiger partial charge in [-0.1, -0.05) is 46.6 Å². The van der Waals surface area contributed by atoms with E-state index < -0.39 is 5.91 Å². The van der Waals surface area contributed by atoms with Crippen LogP contribution in [-0.4, -0.2) is 27.7 Å². The van der Waals surface area contributed by atoms with Crippen LogP contribution in [0.5, 0.6) is 11.6 Å². The van der Waals surface area contributed by atoms with E-state index in [1.54, 1.807) is 48.1 Å². The molecule has 0 spiro atoms. The van der Waals surface area contributed by atoms with Crippen LogP contribution in [0, 0.1) is 0 Å². The van der Waals surface area contributed by atoms with Gasteiger partial charge < -0.3 is 14.4 Å². The number of halogens is 2. The van der Waals surface area contributed by atoms with Gasteiger partial charge in [-0.25, -0.2) is 4.98 Å². The SMILES string of the molecule is CCCn1c(O)c(N=NC(=O)c2cc(-c3ccc(Br)cc3)nc3ccc(OC)cc23)c2cc(Cl)ccc21. The van der Waals surface area contributed by atoms with Gasteiger partial charge >= 0.3 is 0 Å². The standard InChI is InChI=1S/C28H22BrClN4O3/c1-3-12-34-25-11-8-18(30)13-22(25)26(28(34)36)32-33-27(35)21-15-24(16-4-6-17(29)7-5-16)31-23-10-9-19(37-2)14-20(21)23/h4-11,13-15,36H,3,12H2,1-2H3. The number of azo groups is 1. The summed E-state index contributed by atoms with van der Waals surface area (Å²) in [6, 6.07) is 20.0. The molecule has 7 nitrogen and oxygen atoms in total. The van der Waals surface area contributed by atoms with Crippen molar-refractivity contribution in [1.29, 1.82) is 0 Å². The van der Waals surface area contributed by atoms with Crippen molar-refractivity contribution in [3.8, 4) is 22.9 Å². The van der Waals surface area contributed by atoms with Crippen LogP contribution in [0.25, 0.3) is 33.1 Å². The highest BCUT2D eigenvalue weighted by Crippen LogP contribution is 2.40. The van der Waals surface area contributed by atoms with Crippen molar-refractivity contribution in [3.05, 3.63) is 81.8 Å². The summed E-state index contributed by atoms with van der Waals surface area (Å²) in [5, 5.41) is 20.8. The number of nitrogens with zero attached hydrogens (tertiary/aromatic N) is 4. The molecule has 0 saturated heterocycles. The van der Waals surface area contributed by atoms with Gasteiger partial charge in [0.15, 0.2) is 5.69 Å². The third-order valence-electron chi connectivity index (χ3n) is 6.05. The number of aromatic hydroxyl groups is 1. The predicted molar refractivity (Wildman–Crippen MR) is 149 cm³/mol. The molecule has 2 aromatic heterocycles. The van der Waals surface area contributed by atoms with E-state index in [0.29, 0.717) is 44.9 Å². The number of aryl methyl sites for hydroxylation is 1. The Bertz CT molecular complexity index is 1680. The lowest BCUT2D eigenvalue weighted by Gasteiger charge is -2.09. The minimum absolute atomic E-state index is 0.0625. The Hall–Kier alpha value is -3.75. The van der Waals surface area contributed by atoms with Gasteiger partial charge in [0.1, 0.15) is 5.75 Å². The fraction of sp³-hybridized carbons (Fsp3) is 0.143. The number of amides is 1. The van der Waals surface area contributed by atoms with Gasteiger partial charge in [0.05, 0.1) is 29.4 Å². The number of fused-ring (bicyclic) bond motifs is 2. The van der Waals surface area contributed by atoms with E-state index >= 15 is 0 Å². The monoisotopic (exact) mass is 576 g/mol. The molecule has 0 saturated carbocycles. The highest BCUT2D eigenvalue weighted by molar-refractivity contribution is 9.10. The van der Waals surface area contributed by atoms with Gasteiger partial charge in [-0.15, -0.1) is 10.2 Å². The lowest BCUT2D eigenvalue weighted by Crippen LogP contribution is -1.99. The molecule has 0 atom stereocenters. The van der Waals surface area contributed by atoms with Gasteiger partial charge in [0.25, 0.3) is 5.91 Å². The summed E-state index contributed by atoms with van der Waals surface area (Å²) in [6.07, 6.45) is 0.805. The Kier molecular flexibility index (Phi) is 6.95. The number of ether oxygens (including phenoxy) is 1. The Balaban J connectivity index is 1.63. The summed E-state index contributed by atoms with van der Waals surface area (Å²) in [5.74, 6) is -0.0455. The van der Waals surface area contributed by atoms with E-state index in [9.17, 15) is 9.90 Å². The summed E-state index contributed by atoms with van der Waals surface area (Å²) >= 11 is 9.66. The van der Waals surface area contributed by atoms with Crippen LogP contribution in [0.3, 0.4) is 0 Å². The minimum atomic E-state index is -0.572. The number of rotatable bonds is 6. The molecular weight excluding hydrogens is 556 g/mol. The number of benzene rings is 3. The number of carbonyl (C=O) groups excluding carboxylic acids is 1. The van der Waals surface area contributed by atoms with Crippen LogP contribution in [0.2, 0.25) is 5.02 Å². The smallest absolute Gasteiger partial charge is 0.296 e. The fourth-order valence-electron chi connectivity index (χ4n) is 4.27. The Labute approximate surface area is 226 Å². The first-order valence-electron chi connectivity index (χ1n) is 11.6. The Morgan fingerprint density at radius 3 is 2.59 bits per heavy atom. The normalized spacial score (nSPS) is 11.6. The highest BCUT2D eigenvalue weighted by Gasteiger charge is 2.19. The summed E-state index contributed by atoms with van der Waals surface area (Å²) in [7, 11) is 1.56. The summed E-state index contributed by atoms with van der Waals surface area (Å²) < 4.78 is 8.05. The molecule has 0 bridgehead atoms. The average Bonchev–Trinajstić information content (AvgIpc) is 3.16. The van der Waals surface area contributed by atoms with E-state index in [0.717, 1.165) is 22.0 Å². The van der Waals surface area contributed by atoms with Crippen LogP contribution >= 0.6 is 27.5 Å². The van der Waals surface area contributed by atoms with Gasteiger partial charge in [-0.2, -0.15) is 0 Å². The topological polar surface area (TPSA) is 89.1 Å². The zero-order valence-corrected chi connectivity index (χ0v) is 22.4. The zero-order chi connectivity index (χ0) is 26.1. The number of hydrogen-bond donors (Lipinski definition) is 1. The number of aromatic nitrogens is 2. The number of pyridine rings is 1. The van der Waals surface area contributed by atoms with Gasteiger partial charge in [0, 0.05) is 32.4 Å². The van der Waals surface area contributed by atoms with Crippen molar-refractivity contribution in [2.45, 2.75) is 19.9 Å². The molecular formula is C28H22BrClN4O3. The lowest BCUT2D eigenvalue weighted by molar-refractivity contribution is 0.0996. The minimum Gasteiger partial charge on any atom is -0.497 e. The molecule has 0 aliphatic heterocycles. The second kappa shape index (κ2) is 10.3. The van der Waals surface area contributed by atoms with E-state index in [2.05, 4.69) is 26.2 Å². The first kappa shape index (κ1) is 24.9. The lowest BCUT2D eigenvalue weighted by atomic mass is 10.0. The quantitative estimate of drug-likeness (QED) is 0.206. The highest BCUT2D eigenvalue weighted by atomic mass is 79.9. The molecule has 0 aliphatic rings. The summed E-state index contributed by atoms with van der Waals surface area (Å²) in [5.41, 5.74) is 3.37. The van der Waals surface area contributed by atoms with Crippen molar-refractivity contribution in [1.82, 2.24) is 9.55 Å². The molecule has 5 rings (SSSR count). The second-order valence-electron chi connectivity index (χ2n) is 8.44. The molecule has 37 heavy (non-hydrogen) atoms. The maximum Gasteiger partial charge on any atom is 0.296 e. The Morgan fingerprint density at radius 1 is 1.08 bits per heavy atom. The first-order chi connectivity index (χ1) is 17.9. The summed E-state index contributed by atoms with van der Waals surface area (Å²) in [4.78, 5) is 18.2. The van der Waals surface area contributed by atoms with Crippen LogP contribution in [-0.2, 0) is 6.54 Å². The van der Waals surface area contributed by atoms with E-state index in [-0.39, 0.29) is 11.6 Å². The Morgan fingerprint density at radius 2 is 1.86 bits per heavy atom. The van der Waals surface area contributed by atoms with Crippen molar-refractivity contribution >= 4 is 60.9 Å². The average molecular weight is 578 g/mol. The summed E-state index contributed by atoms with van der Waals surface area (Å²) in [6.45, 7) is 2.59. The molecule has 0 fully saturated rings. The van der Waals surface area contributed by atoms with Crippen LogP contribution in [0.1, 0.15) is 23.7 Å². The van der Waals surface area contributed by atoms with Crippen molar-refractivity contribution in [2.75, 3.05) is 7.11 Å². The van der Waals surface area contributed by atoms with Crippen molar-refractivity contribution in [3.63, 3.8) is 0 Å². The van der Waals surface area contributed by atoms with E-state index in [4.69, 9.17) is 21.3 Å². The zero-order valence-electron chi connectivity index (χ0n) is 20.1. The number of carbonyl (C=O) groups is 1. The third-order valence-corrected chi connectivity index (χ3v) is 6.81. The van der Waals surface area contributed by atoms with E-state index in [1.807, 2.05) is 37.3 Å². The van der Waals surface area contributed by atoms with Crippen LogP contribution in [0.15, 0.2) is 81.4 Å².